The molecule has 0 radical (unpaired) electrons. The number of rotatable bonds is 4. The molecule has 1 atom stereocenters. The van der Waals surface area contributed by atoms with Gasteiger partial charge >= 0.3 is 5.97 Å². The molecule has 0 aromatic heterocycles. The molecule has 3 nitrogen and oxygen atoms in total. The molecule has 1 N–H and O–H groups in total. The van der Waals surface area contributed by atoms with E-state index in [0.717, 1.165) is 6.92 Å². The molecule has 15 heavy (non-hydrogen) atoms. The molecule has 4 heteroatoms. The van der Waals surface area contributed by atoms with Crippen molar-refractivity contribution in [2.45, 2.75) is 19.0 Å². The Kier molecular flexibility index (Phi) is 3.19. The first-order chi connectivity index (χ1) is 6.97. The van der Waals surface area contributed by atoms with Crippen LogP contribution in [-0.2, 0) is 16.0 Å². The second kappa shape index (κ2) is 4.21. The topological polar surface area (TPSA) is 54.4 Å². The standard InChI is InChI=1S/C11H11FO3/c1-8(13)11(12,10(14)15)7-9-5-3-2-4-6-9/h2-6H,7H2,1H3,(H,14,15)/t11-/m1/s1. The van der Waals surface area contributed by atoms with E-state index in [9.17, 15) is 14.0 Å². The van der Waals surface area contributed by atoms with Gasteiger partial charge in [-0.2, -0.15) is 0 Å². The lowest BCUT2D eigenvalue weighted by molar-refractivity contribution is -0.156. The molecule has 0 aliphatic heterocycles. The number of carboxylic acid groups (broad SMARTS) is 1. The fourth-order valence-corrected chi connectivity index (χ4v) is 1.23. The van der Waals surface area contributed by atoms with Gasteiger partial charge in [0.15, 0.2) is 5.78 Å². The Morgan fingerprint density at radius 3 is 2.27 bits per heavy atom. The number of halogens is 1. The monoisotopic (exact) mass is 210 g/mol. The molecule has 0 saturated heterocycles. The van der Waals surface area contributed by atoms with E-state index in [2.05, 4.69) is 0 Å². The number of carboxylic acids is 1. The zero-order valence-corrected chi connectivity index (χ0v) is 8.24. The van der Waals surface area contributed by atoms with Gasteiger partial charge in [0.1, 0.15) is 0 Å². The highest BCUT2D eigenvalue weighted by Gasteiger charge is 2.43. The molecule has 0 fully saturated rings. The zero-order chi connectivity index (χ0) is 11.5. The van der Waals surface area contributed by atoms with E-state index in [1.165, 1.54) is 0 Å². The van der Waals surface area contributed by atoms with Crippen molar-refractivity contribution < 1.29 is 19.1 Å². The Bertz CT molecular complexity index is 359. The smallest absolute Gasteiger partial charge is 0.349 e. The number of carbonyl (C=O) groups is 2. The van der Waals surface area contributed by atoms with E-state index in [1.807, 2.05) is 0 Å². The Labute approximate surface area is 86.5 Å². The van der Waals surface area contributed by atoms with Gasteiger partial charge in [0, 0.05) is 6.42 Å². The van der Waals surface area contributed by atoms with Crippen molar-refractivity contribution in [3.63, 3.8) is 0 Å². The maximum Gasteiger partial charge on any atom is 0.349 e. The molecule has 1 aromatic carbocycles. The molecule has 0 unspecified atom stereocenters. The van der Waals surface area contributed by atoms with Crippen molar-refractivity contribution in [3.05, 3.63) is 35.9 Å². The van der Waals surface area contributed by atoms with E-state index in [4.69, 9.17) is 5.11 Å². The summed E-state index contributed by atoms with van der Waals surface area (Å²) in [7, 11) is 0. The Hall–Kier alpha value is -1.71. The second-order valence-electron chi connectivity index (χ2n) is 3.32. The SMILES string of the molecule is CC(=O)[C@](F)(Cc1ccccc1)C(=O)O. The van der Waals surface area contributed by atoms with Crippen LogP contribution in [-0.4, -0.2) is 22.5 Å². The Morgan fingerprint density at radius 2 is 1.87 bits per heavy atom. The number of ketones is 1. The van der Waals surface area contributed by atoms with Crippen LogP contribution in [0.2, 0.25) is 0 Å². The van der Waals surface area contributed by atoms with Crippen LogP contribution >= 0.6 is 0 Å². The van der Waals surface area contributed by atoms with Gasteiger partial charge in [0.2, 0.25) is 0 Å². The molecule has 0 bridgehead atoms. The number of benzene rings is 1. The van der Waals surface area contributed by atoms with E-state index < -0.39 is 23.8 Å². The van der Waals surface area contributed by atoms with Gasteiger partial charge in [0.25, 0.3) is 5.67 Å². The molecule has 1 aromatic rings. The molecule has 0 spiro atoms. The fraction of sp³-hybridized carbons (Fsp3) is 0.273. The lowest BCUT2D eigenvalue weighted by Crippen LogP contribution is -2.43. The van der Waals surface area contributed by atoms with E-state index >= 15 is 0 Å². The van der Waals surface area contributed by atoms with Gasteiger partial charge in [-0.25, -0.2) is 9.18 Å². The summed E-state index contributed by atoms with van der Waals surface area (Å²) in [6.07, 6.45) is -0.432. The lowest BCUT2D eigenvalue weighted by Gasteiger charge is -2.16. The normalized spacial score (nSPS) is 14.3. The molecule has 0 aliphatic carbocycles. The summed E-state index contributed by atoms with van der Waals surface area (Å²) in [6.45, 7) is 0.942. The van der Waals surface area contributed by atoms with Gasteiger partial charge in [-0.15, -0.1) is 0 Å². The molecular formula is C11H11FO3. The zero-order valence-electron chi connectivity index (χ0n) is 8.24. The molecule has 0 aliphatic rings. The van der Waals surface area contributed by atoms with Gasteiger partial charge in [-0.05, 0) is 12.5 Å². The number of hydrogen-bond donors (Lipinski definition) is 1. The number of Topliss-reactive ketones (excluding diaryl/α,β-unsaturated/α-hetero) is 1. The molecule has 0 amide bonds. The quantitative estimate of drug-likeness (QED) is 0.768. The maximum absolute atomic E-state index is 13.8. The minimum atomic E-state index is -2.82. The predicted octanol–water partition coefficient (Wildman–Crippen LogP) is 1.61. The summed E-state index contributed by atoms with van der Waals surface area (Å²) >= 11 is 0. The van der Waals surface area contributed by atoms with Gasteiger partial charge < -0.3 is 5.11 Å². The lowest BCUT2D eigenvalue weighted by atomic mass is 9.93. The van der Waals surface area contributed by atoms with E-state index in [1.54, 1.807) is 30.3 Å². The van der Waals surface area contributed by atoms with Crippen molar-refractivity contribution >= 4 is 11.8 Å². The van der Waals surface area contributed by atoms with Crippen LogP contribution in [0.3, 0.4) is 0 Å². The first kappa shape index (κ1) is 11.4. The third-order valence-electron chi connectivity index (χ3n) is 2.19. The highest BCUT2D eigenvalue weighted by Crippen LogP contribution is 2.19. The van der Waals surface area contributed by atoms with Crippen molar-refractivity contribution in [1.29, 1.82) is 0 Å². The van der Waals surface area contributed by atoms with E-state index in [0.29, 0.717) is 5.56 Å². The highest BCUT2D eigenvalue weighted by molar-refractivity contribution is 6.05. The highest BCUT2D eigenvalue weighted by atomic mass is 19.1. The predicted molar refractivity (Wildman–Crippen MR) is 52.3 cm³/mol. The van der Waals surface area contributed by atoms with Gasteiger partial charge in [-0.3, -0.25) is 4.79 Å². The summed E-state index contributed by atoms with van der Waals surface area (Å²) in [6, 6.07) is 8.23. The molecule has 80 valence electrons. The van der Waals surface area contributed by atoms with Crippen LogP contribution in [0.15, 0.2) is 30.3 Å². The van der Waals surface area contributed by atoms with Gasteiger partial charge in [0.05, 0.1) is 0 Å². The van der Waals surface area contributed by atoms with Crippen LogP contribution in [0.4, 0.5) is 4.39 Å². The summed E-state index contributed by atoms with van der Waals surface area (Å²) in [5.41, 5.74) is -2.33. The largest absolute Gasteiger partial charge is 0.479 e. The van der Waals surface area contributed by atoms with Crippen molar-refractivity contribution in [1.82, 2.24) is 0 Å². The first-order valence-electron chi connectivity index (χ1n) is 4.44. The maximum atomic E-state index is 13.8. The average molecular weight is 210 g/mol. The number of carbonyl (C=O) groups excluding carboxylic acids is 1. The Balaban J connectivity index is 2.95. The number of hydrogen-bond acceptors (Lipinski definition) is 2. The van der Waals surface area contributed by atoms with Crippen LogP contribution < -0.4 is 0 Å². The Morgan fingerprint density at radius 1 is 1.33 bits per heavy atom. The summed E-state index contributed by atoms with van der Waals surface area (Å²) in [5, 5.41) is 8.67. The summed E-state index contributed by atoms with van der Waals surface area (Å²) in [4.78, 5) is 21.6. The van der Waals surface area contributed by atoms with Crippen LogP contribution in [0.5, 0.6) is 0 Å². The van der Waals surface area contributed by atoms with Crippen molar-refractivity contribution in [3.8, 4) is 0 Å². The molecule has 1 rings (SSSR count). The van der Waals surface area contributed by atoms with Crippen LogP contribution in [0, 0.1) is 0 Å². The average Bonchev–Trinajstić information content (AvgIpc) is 2.18. The molecule has 0 saturated carbocycles. The minimum absolute atomic E-state index is 0.432. The fourth-order valence-electron chi connectivity index (χ4n) is 1.23. The van der Waals surface area contributed by atoms with Crippen LogP contribution in [0.25, 0.3) is 0 Å². The summed E-state index contributed by atoms with van der Waals surface area (Å²) in [5.74, 6) is -2.72. The van der Waals surface area contributed by atoms with Crippen molar-refractivity contribution in [2.24, 2.45) is 0 Å². The van der Waals surface area contributed by atoms with E-state index in [-0.39, 0.29) is 0 Å². The first-order valence-corrected chi connectivity index (χ1v) is 4.44. The summed E-state index contributed by atoms with van der Waals surface area (Å²) < 4.78 is 13.8. The number of aliphatic carboxylic acids is 1. The third-order valence-corrected chi connectivity index (χ3v) is 2.19. The third kappa shape index (κ3) is 2.40. The van der Waals surface area contributed by atoms with Crippen molar-refractivity contribution in [2.75, 3.05) is 0 Å². The molecular weight excluding hydrogens is 199 g/mol. The molecule has 0 heterocycles. The minimum Gasteiger partial charge on any atom is -0.479 e. The van der Waals surface area contributed by atoms with Gasteiger partial charge in [-0.1, -0.05) is 30.3 Å². The number of alkyl halides is 1. The second-order valence-corrected chi connectivity index (χ2v) is 3.32. The van der Waals surface area contributed by atoms with Crippen LogP contribution in [0.1, 0.15) is 12.5 Å².